The molecule has 1 amide bonds. The quantitative estimate of drug-likeness (QED) is 0.775. The first-order valence-electron chi connectivity index (χ1n) is 6.37. The molecule has 1 atom stereocenters. The van der Waals surface area contributed by atoms with Crippen LogP contribution in [-0.4, -0.2) is 35.9 Å². The number of alkyl carbamates (subject to hydrolysis) is 1. The molecule has 0 aromatic heterocycles. The minimum atomic E-state index is -0.793. The van der Waals surface area contributed by atoms with Crippen molar-refractivity contribution in [2.24, 2.45) is 5.73 Å². The second kappa shape index (κ2) is 8.32. The van der Waals surface area contributed by atoms with Crippen LogP contribution in [0.1, 0.15) is 48.0 Å². The van der Waals surface area contributed by atoms with Crippen LogP contribution in [0.4, 0.5) is 4.79 Å². The van der Waals surface area contributed by atoms with E-state index >= 15 is 0 Å². The average Bonchev–Trinajstić information content (AvgIpc) is 2.10. The molecule has 0 saturated heterocycles. The highest BCUT2D eigenvalue weighted by Gasteiger charge is 2.27. The topological polar surface area (TPSA) is 90.6 Å². The molecular formula is C13H27ClN2O4. The molecule has 20 heavy (non-hydrogen) atoms. The van der Waals surface area contributed by atoms with E-state index in [1.807, 2.05) is 0 Å². The Balaban J connectivity index is 0. The van der Waals surface area contributed by atoms with Crippen LogP contribution < -0.4 is 11.1 Å². The first-order valence-corrected chi connectivity index (χ1v) is 6.37. The Morgan fingerprint density at radius 3 is 1.85 bits per heavy atom. The number of halogens is 1. The minimum absolute atomic E-state index is 0. The molecule has 3 N–H and O–H groups in total. The van der Waals surface area contributed by atoms with E-state index in [0.29, 0.717) is 6.42 Å². The van der Waals surface area contributed by atoms with Crippen LogP contribution in [0.25, 0.3) is 0 Å². The number of carbonyl (C=O) groups is 2. The summed E-state index contributed by atoms with van der Waals surface area (Å²) in [6, 6.07) is -0.793. The van der Waals surface area contributed by atoms with Gasteiger partial charge in [-0.3, -0.25) is 0 Å². The van der Waals surface area contributed by atoms with Crippen molar-refractivity contribution in [3.8, 4) is 0 Å². The highest BCUT2D eigenvalue weighted by atomic mass is 35.5. The third kappa shape index (κ3) is 10.9. The third-order valence-electron chi connectivity index (χ3n) is 1.84. The van der Waals surface area contributed by atoms with E-state index in [-0.39, 0.29) is 19.0 Å². The second-order valence-electron chi connectivity index (χ2n) is 6.31. The van der Waals surface area contributed by atoms with Crippen LogP contribution in [0.15, 0.2) is 0 Å². The lowest BCUT2D eigenvalue weighted by Crippen LogP contribution is -2.46. The summed E-state index contributed by atoms with van der Waals surface area (Å²) in [6.45, 7) is 10.8. The largest absolute Gasteiger partial charge is 0.458 e. The number of carbonyl (C=O) groups excluding carboxylic acids is 2. The molecule has 0 aliphatic heterocycles. The van der Waals surface area contributed by atoms with Gasteiger partial charge in [0.1, 0.15) is 17.2 Å². The van der Waals surface area contributed by atoms with Gasteiger partial charge < -0.3 is 20.5 Å². The van der Waals surface area contributed by atoms with Crippen molar-refractivity contribution in [1.82, 2.24) is 5.32 Å². The molecule has 0 saturated carbocycles. The molecule has 0 aromatic rings. The fourth-order valence-electron chi connectivity index (χ4n) is 1.24. The van der Waals surface area contributed by atoms with E-state index in [2.05, 4.69) is 5.32 Å². The standard InChI is InChI=1S/C13H26N2O4.ClH/c1-12(2,3)18-10(16)9(7-8-14)15-11(17)19-13(4,5)6;/h9H,7-8,14H2,1-6H3,(H,15,17);1H. The SMILES string of the molecule is CC(C)(C)OC(=O)NC(CCN)C(=O)OC(C)(C)C.Cl. The van der Waals surface area contributed by atoms with Gasteiger partial charge >= 0.3 is 12.1 Å². The van der Waals surface area contributed by atoms with Gasteiger partial charge in [0.15, 0.2) is 0 Å². The highest BCUT2D eigenvalue weighted by molar-refractivity contribution is 5.85. The van der Waals surface area contributed by atoms with Crippen molar-refractivity contribution >= 4 is 24.5 Å². The molecule has 0 spiro atoms. The summed E-state index contributed by atoms with van der Waals surface area (Å²) < 4.78 is 10.3. The predicted molar refractivity (Wildman–Crippen MR) is 79.9 cm³/mol. The van der Waals surface area contributed by atoms with E-state index in [0.717, 1.165) is 0 Å². The average molecular weight is 311 g/mol. The zero-order valence-electron chi connectivity index (χ0n) is 13.1. The summed E-state index contributed by atoms with van der Waals surface area (Å²) in [4.78, 5) is 23.5. The monoisotopic (exact) mass is 310 g/mol. The number of hydrogen-bond donors (Lipinski definition) is 2. The molecule has 6 nitrogen and oxygen atoms in total. The fourth-order valence-corrected chi connectivity index (χ4v) is 1.24. The Labute approximate surface area is 127 Å². The Morgan fingerprint density at radius 1 is 1.05 bits per heavy atom. The zero-order chi connectivity index (χ0) is 15.3. The molecule has 0 fully saturated rings. The third-order valence-corrected chi connectivity index (χ3v) is 1.84. The molecule has 1 unspecified atom stereocenters. The Hall–Kier alpha value is -1.01. The van der Waals surface area contributed by atoms with E-state index in [1.54, 1.807) is 41.5 Å². The Bertz CT molecular complexity index is 321. The van der Waals surface area contributed by atoms with Gasteiger partial charge in [0, 0.05) is 0 Å². The molecule has 0 radical (unpaired) electrons. The summed E-state index contributed by atoms with van der Waals surface area (Å²) >= 11 is 0. The van der Waals surface area contributed by atoms with Crippen molar-refractivity contribution < 1.29 is 19.1 Å². The molecule has 7 heteroatoms. The molecule has 120 valence electrons. The summed E-state index contributed by atoms with van der Waals surface area (Å²) in [5.74, 6) is -0.510. The van der Waals surface area contributed by atoms with Crippen LogP contribution in [0.3, 0.4) is 0 Å². The lowest BCUT2D eigenvalue weighted by atomic mass is 10.1. The molecule has 0 aromatic carbocycles. The van der Waals surface area contributed by atoms with E-state index < -0.39 is 29.3 Å². The van der Waals surface area contributed by atoms with Crippen molar-refractivity contribution in [3.05, 3.63) is 0 Å². The normalized spacial score (nSPS) is 12.9. The smallest absolute Gasteiger partial charge is 0.408 e. The molecule has 0 aliphatic rings. The summed E-state index contributed by atoms with van der Waals surface area (Å²) in [7, 11) is 0. The predicted octanol–water partition coefficient (Wildman–Crippen LogP) is 1.99. The number of esters is 1. The highest BCUT2D eigenvalue weighted by Crippen LogP contribution is 2.11. The van der Waals surface area contributed by atoms with Crippen LogP contribution in [-0.2, 0) is 14.3 Å². The molecule has 0 rings (SSSR count). The summed E-state index contributed by atoms with van der Waals surface area (Å²) in [5, 5.41) is 2.48. The van der Waals surface area contributed by atoms with Crippen LogP contribution >= 0.6 is 12.4 Å². The lowest BCUT2D eigenvalue weighted by Gasteiger charge is -2.26. The van der Waals surface area contributed by atoms with Crippen molar-refractivity contribution in [2.75, 3.05) is 6.54 Å². The van der Waals surface area contributed by atoms with Crippen molar-refractivity contribution in [1.29, 1.82) is 0 Å². The van der Waals surface area contributed by atoms with Gasteiger partial charge in [-0.25, -0.2) is 9.59 Å². The summed E-state index contributed by atoms with van der Waals surface area (Å²) in [5.41, 5.74) is 4.20. The number of rotatable bonds is 4. The maximum atomic E-state index is 11.9. The van der Waals surface area contributed by atoms with Crippen molar-refractivity contribution in [3.63, 3.8) is 0 Å². The van der Waals surface area contributed by atoms with Gasteiger partial charge in [0.25, 0.3) is 0 Å². The lowest BCUT2D eigenvalue weighted by molar-refractivity contribution is -0.157. The fraction of sp³-hybridized carbons (Fsp3) is 0.846. The van der Waals surface area contributed by atoms with Gasteiger partial charge in [-0.05, 0) is 54.5 Å². The maximum Gasteiger partial charge on any atom is 0.408 e. The first-order chi connectivity index (χ1) is 8.44. The molecule has 0 heterocycles. The number of nitrogens with one attached hydrogen (secondary N) is 1. The van der Waals surface area contributed by atoms with Gasteiger partial charge in [-0.1, -0.05) is 0 Å². The first kappa shape index (κ1) is 21.3. The van der Waals surface area contributed by atoms with E-state index in [9.17, 15) is 9.59 Å². The molecule has 0 aliphatic carbocycles. The van der Waals surface area contributed by atoms with Gasteiger partial charge in [-0.15, -0.1) is 12.4 Å². The number of ether oxygens (including phenoxy) is 2. The van der Waals surface area contributed by atoms with Crippen LogP contribution in [0.5, 0.6) is 0 Å². The molecule has 0 bridgehead atoms. The van der Waals surface area contributed by atoms with Crippen LogP contribution in [0, 0.1) is 0 Å². The number of hydrogen-bond acceptors (Lipinski definition) is 5. The summed E-state index contributed by atoms with van der Waals surface area (Å²) in [6.07, 6.45) is -0.356. The van der Waals surface area contributed by atoms with E-state index in [1.165, 1.54) is 0 Å². The van der Waals surface area contributed by atoms with Crippen LogP contribution in [0.2, 0.25) is 0 Å². The molecular weight excluding hydrogens is 284 g/mol. The number of nitrogens with two attached hydrogens (primary N) is 1. The van der Waals surface area contributed by atoms with Gasteiger partial charge in [0.05, 0.1) is 0 Å². The Morgan fingerprint density at radius 2 is 1.50 bits per heavy atom. The second-order valence-corrected chi connectivity index (χ2v) is 6.31. The van der Waals surface area contributed by atoms with Gasteiger partial charge in [-0.2, -0.15) is 0 Å². The zero-order valence-corrected chi connectivity index (χ0v) is 13.9. The Kier molecular flexibility index (Phi) is 8.85. The van der Waals surface area contributed by atoms with E-state index in [4.69, 9.17) is 15.2 Å². The number of amides is 1. The minimum Gasteiger partial charge on any atom is -0.458 e. The van der Waals surface area contributed by atoms with Crippen molar-refractivity contribution in [2.45, 2.75) is 65.2 Å². The maximum absolute atomic E-state index is 11.9. The van der Waals surface area contributed by atoms with Gasteiger partial charge in [0.2, 0.25) is 0 Å².